The molecule has 0 radical (unpaired) electrons. The second kappa shape index (κ2) is 6.06. The number of nitrogens with one attached hydrogen (secondary N) is 1. The lowest BCUT2D eigenvalue weighted by Gasteiger charge is -2.08. The molecule has 0 saturated carbocycles. The Kier molecular flexibility index (Phi) is 3.79. The highest BCUT2D eigenvalue weighted by atomic mass is 16.7. The maximum atomic E-state index is 8.45. The van der Waals surface area contributed by atoms with Crippen molar-refractivity contribution in [2.75, 3.05) is 18.7 Å². The lowest BCUT2D eigenvalue weighted by molar-refractivity contribution is 0.174. The molecule has 21 heavy (non-hydrogen) atoms. The normalized spacial score (nSPS) is 11.8. The monoisotopic (exact) mass is 282 g/mol. The van der Waals surface area contributed by atoms with E-state index in [4.69, 9.17) is 19.5 Å². The van der Waals surface area contributed by atoms with E-state index in [2.05, 4.69) is 5.32 Å². The van der Waals surface area contributed by atoms with E-state index in [0.29, 0.717) is 12.3 Å². The van der Waals surface area contributed by atoms with Crippen LogP contribution >= 0.6 is 0 Å². The molecule has 106 valence electrons. The summed E-state index contributed by atoms with van der Waals surface area (Å²) in [4.78, 5) is 0. The largest absolute Gasteiger partial charge is 0.479 e. The zero-order valence-electron chi connectivity index (χ0n) is 11.3. The molecule has 0 spiro atoms. The Morgan fingerprint density at radius 1 is 1.10 bits per heavy atom. The number of nitriles is 1. The maximum Gasteiger partial charge on any atom is 0.231 e. The van der Waals surface area contributed by atoms with Crippen LogP contribution in [-0.4, -0.2) is 13.4 Å². The van der Waals surface area contributed by atoms with E-state index < -0.39 is 0 Å². The van der Waals surface area contributed by atoms with E-state index in [1.165, 1.54) is 0 Å². The number of anilines is 1. The van der Waals surface area contributed by atoms with Gasteiger partial charge in [0.1, 0.15) is 11.8 Å². The van der Waals surface area contributed by atoms with Gasteiger partial charge in [-0.3, -0.25) is 0 Å². The van der Waals surface area contributed by atoms with Gasteiger partial charge in [-0.25, -0.2) is 0 Å². The van der Waals surface area contributed by atoms with Crippen LogP contribution in [0, 0.1) is 11.3 Å². The topological polar surface area (TPSA) is 63.5 Å². The Bertz CT molecular complexity index is 662. The highest BCUT2D eigenvalue weighted by Crippen LogP contribution is 2.32. The van der Waals surface area contributed by atoms with E-state index in [-0.39, 0.29) is 13.4 Å². The van der Waals surface area contributed by atoms with Crippen LogP contribution in [0.5, 0.6) is 17.2 Å². The van der Waals surface area contributed by atoms with Crippen molar-refractivity contribution in [3.8, 4) is 23.3 Å². The van der Waals surface area contributed by atoms with Crippen LogP contribution < -0.4 is 19.5 Å². The van der Waals surface area contributed by atoms with Crippen LogP contribution in [-0.2, 0) is 6.54 Å². The first-order valence-corrected chi connectivity index (χ1v) is 6.57. The summed E-state index contributed by atoms with van der Waals surface area (Å²) in [6.45, 7) is 1.04. The molecule has 0 aromatic heterocycles. The third kappa shape index (κ3) is 3.18. The number of hydrogen-bond acceptors (Lipinski definition) is 5. The van der Waals surface area contributed by atoms with Crippen LogP contribution in [0.1, 0.15) is 5.56 Å². The van der Waals surface area contributed by atoms with Crippen molar-refractivity contribution in [1.29, 1.82) is 5.26 Å². The van der Waals surface area contributed by atoms with Crippen LogP contribution in [0.25, 0.3) is 0 Å². The van der Waals surface area contributed by atoms with Gasteiger partial charge in [0.2, 0.25) is 6.79 Å². The molecule has 1 aliphatic heterocycles. The van der Waals surface area contributed by atoms with Gasteiger partial charge in [0.15, 0.2) is 18.1 Å². The first kappa shape index (κ1) is 13.1. The molecule has 2 aromatic carbocycles. The Morgan fingerprint density at radius 2 is 1.90 bits per heavy atom. The predicted molar refractivity (Wildman–Crippen MR) is 77.4 cm³/mol. The van der Waals surface area contributed by atoms with E-state index in [1.807, 2.05) is 48.5 Å². The number of nitrogens with zero attached hydrogens (tertiary/aromatic N) is 1. The first-order chi connectivity index (χ1) is 10.3. The zero-order chi connectivity index (χ0) is 14.5. The van der Waals surface area contributed by atoms with E-state index >= 15 is 0 Å². The molecule has 5 heteroatoms. The zero-order valence-corrected chi connectivity index (χ0v) is 11.3. The fraction of sp³-hybridized carbons (Fsp3) is 0.188. The highest BCUT2D eigenvalue weighted by Gasteiger charge is 2.12. The minimum absolute atomic E-state index is 0.0595. The number of hydrogen-bond donors (Lipinski definition) is 1. The minimum Gasteiger partial charge on any atom is -0.479 e. The Morgan fingerprint density at radius 3 is 2.71 bits per heavy atom. The molecular weight excluding hydrogens is 268 g/mol. The smallest absolute Gasteiger partial charge is 0.231 e. The van der Waals surface area contributed by atoms with E-state index in [0.717, 1.165) is 22.7 Å². The van der Waals surface area contributed by atoms with Gasteiger partial charge in [-0.05, 0) is 42.0 Å². The summed E-state index contributed by atoms with van der Waals surface area (Å²) < 4.78 is 15.8. The van der Waals surface area contributed by atoms with Crippen molar-refractivity contribution >= 4 is 5.69 Å². The van der Waals surface area contributed by atoms with Gasteiger partial charge in [-0.1, -0.05) is 6.07 Å². The fourth-order valence-corrected chi connectivity index (χ4v) is 2.04. The second-order valence-corrected chi connectivity index (χ2v) is 4.51. The Labute approximate surface area is 122 Å². The molecule has 1 heterocycles. The molecule has 0 atom stereocenters. The van der Waals surface area contributed by atoms with Gasteiger partial charge in [-0.15, -0.1) is 0 Å². The average Bonchev–Trinajstić information content (AvgIpc) is 2.99. The molecule has 0 unspecified atom stereocenters. The third-order valence-corrected chi connectivity index (χ3v) is 3.09. The van der Waals surface area contributed by atoms with Crippen LogP contribution in [0.2, 0.25) is 0 Å². The summed E-state index contributed by atoms with van der Waals surface area (Å²) in [5.41, 5.74) is 2.10. The molecule has 0 amide bonds. The van der Waals surface area contributed by atoms with Crippen molar-refractivity contribution < 1.29 is 14.2 Å². The van der Waals surface area contributed by atoms with Gasteiger partial charge >= 0.3 is 0 Å². The summed E-state index contributed by atoms with van der Waals surface area (Å²) in [5, 5.41) is 11.8. The van der Waals surface area contributed by atoms with Crippen LogP contribution in [0.4, 0.5) is 5.69 Å². The first-order valence-electron chi connectivity index (χ1n) is 6.57. The van der Waals surface area contributed by atoms with Crippen LogP contribution in [0.15, 0.2) is 42.5 Å². The van der Waals surface area contributed by atoms with Crippen molar-refractivity contribution in [3.63, 3.8) is 0 Å². The molecule has 0 aliphatic carbocycles. The molecule has 0 bridgehead atoms. The predicted octanol–water partition coefficient (Wildman–Crippen LogP) is 2.93. The quantitative estimate of drug-likeness (QED) is 0.913. The molecule has 1 N–H and O–H groups in total. The lowest BCUT2D eigenvalue weighted by Crippen LogP contribution is -1.99. The van der Waals surface area contributed by atoms with Crippen molar-refractivity contribution in [2.24, 2.45) is 0 Å². The van der Waals surface area contributed by atoms with Crippen molar-refractivity contribution in [1.82, 2.24) is 0 Å². The number of rotatable bonds is 5. The highest BCUT2D eigenvalue weighted by molar-refractivity contribution is 5.49. The molecule has 5 nitrogen and oxygen atoms in total. The minimum atomic E-state index is 0.0595. The second-order valence-electron chi connectivity index (χ2n) is 4.51. The van der Waals surface area contributed by atoms with E-state index in [9.17, 15) is 0 Å². The standard InChI is InChI=1S/C16H14N2O3/c17-7-8-19-14-4-2-13(3-5-14)18-10-12-1-6-15-16(9-12)21-11-20-15/h1-6,9,18H,8,10-11H2. The van der Waals surface area contributed by atoms with Gasteiger partial charge in [0.25, 0.3) is 0 Å². The molecule has 3 rings (SSSR count). The summed E-state index contributed by atoms with van der Waals surface area (Å²) in [6, 6.07) is 15.3. The molecule has 0 saturated heterocycles. The Hall–Kier alpha value is -2.87. The number of ether oxygens (including phenoxy) is 3. The summed E-state index contributed by atoms with van der Waals surface area (Å²) >= 11 is 0. The SMILES string of the molecule is N#CCOc1ccc(NCc2ccc3c(c2)OCO3)cc1. The summed E-state index contributed by atoms with van der Waals surface area (Å²) in [5.74, 6) is 2.26. The van der Waals surface area contributed by atoms with Gasteiger partial charge in [-0.2, -0.15) is 5.26 Å². The van der Waals surface area contributed by atoms with Crippen LogP contribution in [0.3, 0.4) is 0 Å². The van der Waals surface area contributed by atoms with Crippen molar-refractivity contribution in [3.05, 3.63) is 48.0 Å². The number of benzene rings is 2. The van der Waals surface area contributed by atoms with E-state index in [1.54, 1.807) is 0 Å². The average molecular weight is 282 g/mol. The third-order valence-electron chi connectivity index (χ3n) is 3.09. The molecule has 1 aliphatic rings. The van der Waals surface area contributed by atoms with Gasteiger partial charge in [0.05, 0.1) is 0 Å². The lowest BCUT2D eigenvalue weighted by atomic mass is 10.2. The number of fused-ring (bicyclic) bond motifs is 1. The summed E-state index contributed by atoms with van der Waals surface area (Å²) in [7, 11) is 0. The molecular formula is C16H14N2O3. The Balaban J connectivity index is 1.58. The van der Waals surface area contributed by atoms with Crippen molar-refractivity contribution in [2.45, 2.75) is 6.54 Å². The van der Waals surface area contributed by atoms with Gasteiger partial charge in [0, 0.05) is 12.2 Å². The maximum absolute atomic E-state index is 8.45. The summed E-state index contributed by atoms with van der Waals surface area (Å²) in [6.07, 6.45) is 0. The van der Waals surface area contributed by atoms with Gasteiger partial charge < -0.3 is 19.5 Å². The molecule has 0 fully saturated rings. The fourth-order valence-electron chi connectivity index (χ4n) is 2.04. The molecule has 2 aromatic rings.